The maximum atomic E-state index is 11.8. The number of rotatable bonds is 0. The lowest BCUT2D eigenvalue weighted by Gasteiger charge is -2.40. The minimum absolute atomic E-state index is 0.406. The smallest absolute Gasteiger partial charge is 0.136 e. The number of fused-ring (bicyclic) bond motifs is 1. The predicted octanol–water partition coefficient (Wildman–Crippen LogP) is 3.04. The van der Waals surface area contributed by atoms with Gasteiger partial charge in [-0.05, 0) is 36.5 Å². The van der Waals surface area contributed by atoms with Crippen LogP contribution < -0.4 is 0 Å². The van der Waals surface area contributed by atoms with Gasteiger partial charge in [-0.25, -0.2) is 0 Å². The molecule has 2 rings (SSSR count). The Morgan fingerprint density at radius 3 is 2.62 bits per heavy atom. The molecule has 0 aromatic carbocycles. The van der Waals surface area contributed by atoms with E-state index < -0.39 is 0 Å². The molecule has 0 aromatic rings. The number of hydrogen-bond donors (Lipinski definition) is 0. The minimum atomic E-state index is 0.406. The van der Waals surface area contributed by atoms with Crippen LogP contribution in [0, 0.1) is 23.2 Å². The van der Waals surface area contributed by atoms with E-state index in [2.05, 4.69) is 20.8 Å². The maximum Gasteiger partial charge on any atom is 0.136 e. The summed E-state index contributed by atoms with van der Waals surface area (Å²) in [6.07, 6.45) is 4.49. The van der Waals surface area contributed by atoms with Crippen molar-refractivity contribution in [2.45, 2.75) is 46.5 Å². The Kier molecular flexibility index (Phi) is 2.01. The third-order valence-corrected chi connectivity index (χ3v) is 4.37. The van der Waals surface area contributed by atoms with E-state index in [-0.39, 0.29) is 0 Å². The van der Waals surface area contributed by atoms with E-state index in [1.165, 1.54) is 12.8 Å². The second-order valence-electron chi connectivity index (χ2n) is 5.64. The van der Waals surface area contributed by atoms with Gasteiger partial charge in [0.05, 0.1) is 0 Å². The van der Waals surface area contributed by atoms with Crippen molar-refractivity contribution in [3.05, 3.63) is 0 Å². The highest BCUT2D eigenvalue weighted by molar-refractivity contribution is 5.83. The lowest BCUT2D eigenvalue weighted by Crippen LogP contribution is -2.38. The zero-order chi connectivity index (χ0) is 9.64. The van der Waals surface area contributed by atoms with Gasteiger partial charge in [0.2, 0.25) is 0 Å². The zero-order valence-electron chi connectivity index (χ0n) is 8.97. The van der Waals surface area contributed by atoms with Gasteiger partial charge in [0.25, 0.3) is 0 Å². The van der Waals surface area contributed by atoms with E-state index in [0.717, 1.165) is 12.8 Å². The molecule has 2 saturated carbocycles. The molecule has 0 bridgehead atoms. The van der Waals surface area contributed by atoms with Gasteiger partial charge in [0.1, 0.15) is 5.78 Å². The maximum absolute atomic E-state index is 11.8. The molecular weight excluding hydrogens is 160 g/mol. The van der Waals surface area contributed by atoms with Crippen molar-refractivity contribution in [1.82, 2.24) is 0 Å². The summed E-state index contributed by atoms with van der Waals surface area (Å²) in [6, 6.07) is 0. The predicted molar refractivity (Wildman–Crippen MR) is 53.4 cm³/mol. The van der Waals surface area contributed by atoms with Crippen LogP contribution >= 0.6 is 0 Å². The van der Waals surface area contributed by atoms with Crippen molar-refractivity contribution in [2.75, 3.05) is 0 Å². The molecule has 13 heavy (non-hydrogen) atoms. The first kappa shape index (κ1) is 9.23. The molecule has 0 radical (unpaired) electrons. The fraction of sp³-hybridized carbons (Fsp3) is 0.917. The third-order valence-electron chi connectivity index (χ3n) is 4.37. The first-order valence-corrected chi connectivity index (χ1v) is 5.55. The highest BCUT2D eigenvalue weighted by atomic mass is 16.1. The van der Waals surface area contributed by atoms with Crippen LogP contribution in [-0.4, -0.2) is 5.78 Å². The highest BCUT2D eigenvalue weighted by Crippen LogP contribution is 2.52. The molecule has 0 aromatic heterocycles. The largest absolute Gasteiger partial charge is 0.299 e. The minimum Gasteiger partial charge on any atom is -0.299 e. The van der Waals surface area contributed by atoms with Gasteiger partial charge in [-0.3, -0.25) is 4.79 Å². The Balaban J connectivity index is 2.26. The summed E-state index contributed by atoms with van der Waals surface area (Å²) in [5.74, 6) is 2.29. The fourth-order valence-corrected chi connectivity index (χ4v) is 3.41. The number of hydrogen-bond acceptors (Lipinski definition) is 1. The Morgan fingerprint density at radius 2 is 2.00 bits per heavy atom. The lowest BCUT2D eigenvalue weighted by molar-refractivity contribution is -0.131. The van der Waals surface area contributed by atoms with Crippen LogP contribution in [0.4, 0.5) is 0 Å². The van der Waals surface area contributed by atoms with Crippen LogP contribution in [0.2, 0.25) is 0 Å². The quantitative estimate of drug-likeness (QED) is 0.560. The Labute approximate surface area is 80.9 Å². The molecule has 1 nitrogen and oxygen atoms in total. The molecule has 2 aliphatic rings. The lowest BCUT2D eigenvalue weighted by atomic mass is 9.63. The molecule has 3 atom stereocenters. The van der Waals surface area contributed by atoms with Crippen LogP contribution in [0.5, 0.6) is 0 Å². The monoisotopic (exact) mass is 180 g/mol. The highest BCUT2D eigenvalue weighted by Gasteiger charge is 2.48. The van der Waals surface area contributed by atoms with Crippen molar-refractivity contribution >= 4 is 5.78 Å². The summed E-state index contributed by atoms with van der Waals surface area (Å²) in [5.41, 5.74) is 0.420. The van der Waals surface area contributed by atoms with Gasteiger partial charge >= 0.3 is 0 Å². The number of ketones is 1. The standard InChI is InChI=1S/C12H20O/c1-8-4-5-9-11(8)10(13)6-7-12(9,2)3/h8-9,11H,4-7H2,1-3H3/t8-,9+,11-/m1/s1. The van der Waals surface area contributed by atoms with Crippen molar-refractivity contribution < 1.29 is 4.79 Å². The fourth-order valence-electron chi connectivity index (χ4n) is 3.41. The number of carbonyl (C=O) groups excluding carboxylic acids is 1. The van der Waals surface area contributed by atoms with E-state index in [0.29, 0.717) is 29.0 Å². The van der Waals surface area contributed by atoms with Gasteiger partial charge < -0.3 is 0 Å². The molecule has 0 saturated heterocycles. The van der Waals surface area contributed by atoms with E-state index in [1.807, 2.05) is 0 Å². The van der Waals surface area contributed by atoms with Gasteiger partial charge in [-0.15, -0.1) is 0 Å². The molecule has 2 fully saturated rings. The molecule has 0 unspecified atom stereocenters. The van der Waals surface area contributed by atoms with Crippen molar-refractivity contribution in [2.24, 2.45) is 23.2 Å². The molecule has 2 aliphatic carbocycles. The molecule has 0 N–H and O–H groups in total. The second kappa shape index (κ2) is 2.83. The van der Waals surface area contributed by atoms with Crippen molar-refractivity contribution in [3.63, 3.8) is 0 Å². The van der Waals surface area contributed by atoms with Gasteiger partial charge in [0.15, 0.2) is 0 Å². The topological polar surface area (TPSA) is 17.1 Å². The normalized spacial score (nSPS) is 43.3. The zero-order valence-corrected chi connectivity index (χ0v) is 8.97. The van der Waals surface area contributed by atoms with Crippen molar-refractivity contribution in [1.29, 1.82) is 0 Å². The summed E-state index contributed by atoms with van der Waals surface area (Å²) in [5, 5.41) is 0. The molecule has 74 valence electrons. The van der Waals surface area contributed by atoms with Crippen LogP contribution in [0.3, 0.4) is 0 Å². The van der Waals surface area contributed by atoms with Crippen LogP contribution in [-0.2, 0) is 4.79 Å². The van der Waals surface area contributed by atoms with Gasteiger partial charge in [-0.1, -0.05) is 20.8 Å². The summed E-state index contributed by atoms with van der Waals surface area (Å²) in [4.78, 5) is 11.8. The average molecular weight is 180 g/mol. The average Bonchev–Trinajstić information content (AvgIpc) is 2.42. The number of carbonyl (C=O) groups is 1. The number of Topliss-reactive ketones (excluding diaryl/α,β-unsaturated/α-hetero) is 1. The SMILES string of the molecule is C[C@@H]1CC[C@H]2[C@@H]1C(=O)CCC2(C)C. The third kappa shape index (κ3) is 1.33. The summed E-state index contributed by atoms with van der Waals surface area (Å²) < 4.78 is 0. The van der Waals surface area contributed by atoms with Crippen LogP contribution in [0.1, 0.15) is 46.5 Å². The van der Waals surface area contributed by atoms with E-state index in [9.17, 15) is 4.79 Å². The summed E-state index contributed by atoms with van der Waals surface area (Å²) in [6.45, 7) is 6.94. The Bertz CT molecular complexity index is 229. The molecular formula is C12H20O. The Hall–Kier alpha value is -0.330. The van der Waals surface area contributed by atoms with Crippen LogP contribution in [0.25, 0.3) is 0 Å². The van der Waals surface area contributed by atoms with Crippen LogP contribution in [0.15, 0.2) is 0 Å². The molecule has 0 amide bonds. The van der Waals surface area contributed by atoms with E-state index >= 15 is 0 Å². The molecule has 0 heterocycles. The second-order valence-corrected chi connectivity index (χ2v) is 5.64. The first-order chi connectivity index (χ1) is 6.02. The summed E-state index contributed by atoms with van der Waals surface area (Å²) >= 11 is 0. The molecule has 0 aliphatic heterocycles. The first-order valence-electron chi connectivity index (χ1n) is 5.55. The van der Waals surface area contributed by atoms with Gasteiger partial charge in [0, 0.05) is 12.3 Å². The van der Waals surface area contributed by atoms with E-state index in [4.69, 9.17) is 0 Å². The molecule has 0 spiro atoms. The van der Waals surface area contributed by atoms with Crippen molar-refractivity contribution in [3.8, 4) is 0 Å². The van der Waals surface area contributed by atoms with Gasteiger partial charge in [-0.2, -0.15) is 0 Å². The van der Waals surface area contributed by atoms with E-state index in [1.54, 1.807) is 0 Å². The summed E-state index contributed by atoms with van der Waals surface area (Å²) in [7, 11) is 0. The Morgan fingerprint density at radius 1 is 1.31 bits per heavy atom. The molecule has 1 heteroatoms.